The highest BCUT2D eigenvalue weighted by atomic mass is 16.2. The number of benzene rings is 1. The number of carbonyl (C=O) groups is 1. The fraction of sp³-hybridized carbons (Fsp3) is 0.412. The lowest BCUT2D eigenvalue weighted by Gasteiger charge is -2.25. The molecule has 0 unspecified atom stereocenters. The lowest BCUT2D eigenvalue weighted by atomic mass is 9.78. The van der Waals surface area contributed by atoms with Crippen molar-refractivity contribution in [1.29, 1.82) is 0 Å². The summed E-state index contributed by atoms with van der Waals surface area (Å²) >= 11 is 0. The molecule has 1 amide bonds. The summed E-state index contributed by atoms with van der Waals surface area (Å²) in [5.41, 5.74) is 2.04. The zero-order valence-corrected chi connectivity index (χ0v) is 12.8. The summed E-state index contributed by atoms with van der Waals surface area (Å²) < 4.78 is 1.78. The highest BCUT2D eigenvalue weighted by molar-refractivity contribution is 5.92. The van der Waals surface area contributed by atoms with Crippen LogP contribution in [0.3, 0.4) is 0 Å². The Morgan fingerprint density at radius 1 is 1.29 bits per heavy atom. The third-order valence-corrected chi connectivity index (χ3v) is 4.47. The molecule has 0 bridgehead atoms. The molecule has 0 N–H and O–H groups in total. The minimum absolute atomic E-state index is 0.0708. The lowest BCUT2D eigenvalue weighted by Crippen LogP contribution is -2.31. The summed E-state index contributed by atoms with van der Waals surface area (Å²) in [6.45, 7) is 6.01. The third kappa shape index (κ3) is 2.46. The predicted molar refractivity (Wildman–Crippen MR) is 82.1 cm³/mol. The Hall–Kier alpha value is -2.10. The van der Waals surface area contributed by atoms with Gasteiger partial charge in [-0.3, -0.25) is 4.79 Å². The standard InChI is InChI=1S/C17H21N3O/c1-17(2)11-20(16(21)15-9-18-12-19(15)3)10-14(17)13-7-5-4-6-8-13/h4-9,12,14H,10-11H2,1-3H3/t14-/m0/s1. The second kappa shape index (κ2) is 5.02. The van der Waals surface area contributed by atoms with Crippen molar-refractivity contribution < 1.29 is 4.79 Å². The molecule has 2 aromatic rings. The molecule has 0 saturated carbocycles. The van der Waals surface area contributed by atoms with Crippen LogP contribution in [0.25, 0.3) is 0 Å². The van der Waals surface area contributed by atoms with Gasteiger partial charge in [-0.25, -0.2) is 4.98 Å². The first-order chi connectivity index (χ1) is 9.99. The van der Waals surface area contributed by atoms with Crippen LogP contribution in [0.5, 0.6) is 0 Å². The van der Waals surface area contributed by atoms with E-state index in [2.05, 4.69) is 43.1 Å². The molecule has 1 aliphatic heterocycles. The topological polar surface area (TPSA) is 38.1 Å². The summed E-state index contributed by atoms with van der Waals surface area (Å²) in [4.78, 5) is 18.7. The maximum atomic E-state index is 12.7. The van der Waals surface area contributed by atoms with E-state index in [-0.39, 0.29) is 11.3 Å². The van der Waals surface area contributed by atoms with Gasteiger partial charge in [-0.05, 0) is 11.0 Å². The summed E-state index contributed by atoms with van der Waals surface area (Å²) in [6.07, 6.45) is 3.31. The summed E-state index contributed by atoms with van der Waals surface area (Å²) in [5.74, 6) is 0.442. The predicted octanol–water partition coefficient (Wildman–Crippen LogP) is 2.69. The van der Waals surface area contributed by atoms with Gasteiger partial charge in [0.15, 0.2) is 0 Å². The van der Waals surface area contributed by atoms with Gasteiger partial charge in [0.05, 0.1) is 12.5 Å². The number of amides is 1. The van der Waals surface area contributed by atoms with Crippen molar-refractivity contribution >= 4 is 5.91 Å². The molecule has 1 atom stereocenters. The van der Waals surface area contributed by atoms with Gasteiger partial charge in [-0.1, -0.05) is 44.2 Å². The van der Waals surface area contributed by atoms with Gasteiger partial charge in [0.2, 0.25) is 0 Å². The number of likely N-dealkylation sites (tertiary alicyclic amines) is 1. The molecule has 21 heavy (non-hydrogen) atoms. The van der Waals surface area contributed by atoms with Gasteiger partial charge in [0.1, 0.15) is 5.69 Å². The quantitative estimate of drug-likeness (QED) is 0.850. The molecule has 1 aliphatic rings. The molecule has 0 spiro atoms. The first-order valence-corrected chi connectivity index (χ1v) is 7.29. The van der Waals surface area contributed by atoms with Crippen LogP contribution in [-0.2, 0) is 7.05 Å². The molecule has 1 aromatic heterocycles. The Morgan fingerprint density at radius 3 is 2.62 bits per heavy atom. The number of hydrogen-bond donors (Lipinski definition) is 0. The fourth-order valence-electron chi connectivity index (χ4n) is 3.26. The van der Waals surface area contributed by atoms with Crippen LogP contribution in [0.1, 0.15) is 35.8 Å². The van der Waals surface area contributed by atoms with E-state index in [1.807, 2.05) is 18.0 Å². The third-order valence-electron chi connectivity index (χ3n) is 4.47. The van der Waals surface area contributed by atoms with Crippen molar-refractivity contribution in [2.75, 3.05) is 13.1 Å². The first-order valence-electron chi connectivity index (χ1n) is 7.29. The molecule has 4 nitrogen and oxygen atoms in total. The van der Waals surface area contributed by atoms with Gasteiger partial charge >= 0.3 is 0 Å². The zero-order chi connectivity index (χ0) is 15.0. The Labute approximate surface area is 125 Å². The van der Waals surface area contributed by atoms with Crippen LogP contribution >= 0.6 is 0 Å². The molecule has 1 saturated heterocycles. The number of rotatable bonds is 2. The molecule has 110 valence electrons. The van der Waals surface area contributed by atoms with Crippen molar-refractivity contribution in [1.82, 2.24) is 14.5 Å². The maximum Gasteiger partial charge on any atom is 0.272 e. The molecule has 2 heterocycles. The maximum absolute atomic E-state index is 12.7. The SMILES string of the molecule is Cn1cncc1C(=O)N1C[C@@H](c2ccccc2)C(C)(C)C1. The van der Waals surface area contributed by atoms with E-state index in [0.717, 1.165) is 13.1 Å². The number of aromatic nitrogens is 2. The summed E-state index contributed by atoms with van der Waals surface area (Å²) in [5, 5.41) is 0. The number of aryl methyl sites for hydroxylation is 1. The van der Waals surface area contributed by atoms with E-state index in [0.29, 0.717) is 11.6 Å². The molecule has 1 aromatic carbocycles. The van der Waals surface area contributed by atoms with Crippen molar-refractivity contribution in [3.05, 3.63) is 54.1 Å². The van der Waals surface area contributed by atoms with Crippen molar-refractivity contribution in [2.45, 2.75) is 19.8 Å². The minimum Gasteiger partial charge on any atom is -0.336 e. The van der Waals surface area contributed by atoms with E-state index >= 15 is 0 Å². The van der Waals surface area contributed by atoms with Gasteiger partial charge < -0.3 is 9.47 Å². The van der Waals surface area contributed by atoms with E-state index in [1.165, 1.54) is 5.56 Å². The van der Waals surface area contributed by atoms with Crippen LogP contribution in [0.2, 0.25) is 0 Å². The molecular formula is C17H21N3O. The van der Waals surface area contributed by atoms with Crippen molar-refractivity contribution in [2.24, 2.45) is 12.5 Å². The molecule has 1 fully saturated rings. The number of nitrogens with zero attached hydrogens (tertiary/aromatic N) is 3. The highest BCUT2D eigenvalue weighted by Crippen LogP contribution is 2.42. The van der Waals surface area contributed by atoms with Gasteiger partial charge in [-0.15, -0.1) is 0 Å². The zero-order valence-electron chi connectivity index (χ0n) is 12.8. The normalized spacial score (nSPS) is 20.7. The summed E-state index contributed by atoms with van der Waals surface area (Å²) in [7, 11) is 1.86. The fourth-order valence-corrected chi connectivity index (χ4v) is 3.26. The minimum atomic E-state index is 0.0708. The molecule has 0 radical (unpaired) electrons. The Bertz CT molecular complexity index is 645. The van der Waals surface area contributed by atoms with Gasteiger partial charge in [0.25, 0.3) is 5.91 Å². The number of carbonyl (C=O) groups excluding carboxylic acids is 1. The Balaban J connectivity index is 1.85. The average Bonchev–Trinajstić information content (AvgIpc) is 3.02. The van der Waals surface area contributed by atoms with Crippen LogP contribution in [0.15, 0.2) is 42.9 Å². The first kappa shape index (κ1) is 13.9. The van der Waals surface area contributed by atoms with Crippen LogP contribution in [0, 0.1) is 5.41 Å². The Morgan fingerprint density at radius 2 is 2.00 bits per heavy atom. The lowest BCUT2D eigenvalue weighted by molar-refractivity contribution is 0.0768. The van der Waals surface area contributed by atoms with Gasteiger partial charge in [-0.2, -0.15) is 0 Å². The van der Waals surface area contributed by atoms with Gasteiger partial charge in [0, 0.05) is 26.1 Å². The highest BCUT2D eigenvalue weighted by Gasteiger charge is 2.42. The van der Waals surface area contributed by atoms with E-state index in [4.69, 9.17) is 0 Å². The van der Waals surface area contributed by atoms with Crippen molar-refractivity contribution in [3.63, 3.8) is 0 Å². The smallest absolute Gasteiger partial charge is 0.272 e. The largest absolute Gasteiger partial charge is 0.336 e. The number of hydrogen-bond acceptors (Lipinski definition) is 2. The van der Waals surface area contributed by atoms with Crippen LogP contribution < -0.4 is 0 Å². The van der Waals surface area contributed by atoms with Crippen molar-refractivity contribution in [3.8, 4) is 0 Å². The molecule has 4 heteroatoms. The monoisotopic (exact) mass is 283 g/mol. The van der Waals surface area contributed by atoms with E-state index in [1.54, 1.807) is 17.1 Å². The molecular weight excluding hydrogens is 262 g/mol. The average molecular weight is 283 g/mol. The van der Waals surface area contributed by atoms with Crippen LogP contribution in [-0.4, -0.2) is 33.4 Å². The molecule has 3 rings (SSSR count). The second-order valence-corrected chi connectivity index (χ2v) is 6.53. The van der Waals surface area contributed by atoms with Crippen LogP contribution in [0.4, 0.5) is 0 Å². The summed E-state index contributed by atoms with van der Waals surface area (Å²) in [6, 6.07) is 10.5. The molecule has 0 aliphatic carbocycles. The Kier molecular flexibility index (Phi) is 3.32. The van der Waals surface area contributed by atoms with E-state index < -0.39 is 0 Å². The van der Waals surface area contributed by atoms with E-state index in [9.17, 15) is 4.79 Å². The second-order valence-electron chi connectivity index (χ2n) is 6.53. The number of imidazole rings is 1.